The van der Waals surface area contributed by atoms with E-state index >= 15 is 0 Å². The Kier molecular flexibility index (Phi) is 20.4. The number of amides is 1. The fourth-order valence-corrected chi connectivity index (χ4v) is 3.83. The van der Waals surface area contributed by atoms with Crippen molar-refractivity contribution >= 4 is 17.8 Å². The summed E-state index contributed by atoms with van der Waals surface area (Å²) in [5, 5.41) is 37.9. The van der Waals surface area contributed by atoms with Gasteiger partial charge in [-0.15, -0.1) is 0 Å². The Hall–Kier alpha value is -1.93. The molecule has 0 spiro atoms. The summed E-state index contributed by atoms with van der Waals surface area (Å²) in [6.45, 7) is 1.88. The highest BCUT2D eigenvalue weighted by atomic mass is 16.4. The molecule has 34 heavy (non-hydrogen) atoms. The van der Waals surface area contributed by atoms with Gasteiger partial charge in [0.25, 0.3) is 0 Å². The van der Waals surface area contributed by atoms with Crippen LogP contribution in [0.1, 0.15) is 110 Å². The van der Waals surface area contributed by atoms with Crippen molar-refractivity contribution in [2.24, 2.45) is 5.92 Å². The van der Waals surface area contributed by atoms with E-state index in [1.807, 2.05) is 0 Å². The minimum atomic E-state index is -0.944. The molecule has 0 saturated carbocycles. The van der Waals surface area contributed by atoms with Gasteiger partial charge in [-0.3, -0.25) is 9.59 Å². The Bertz CT molecular complexity index is 579. The number of rotatable bonds is 19. The van der Waals surface area contributed by atoms with E-state index in [2.05, 4.69) is 24.4 Å². The molecule has 1 amide bonds. The van der Waals surface area contributed by atoms with Gasteiger partial charge in [0.05, 0.1) is 18.6 Å². The lowest BCUT2D eigenvalue weighted by Gasteiger charge is -2.14. The van der Waals surface area contributed by atoms with Crippen molar-refractivity contribution in [3.63, 3.8) is 0 Å². The van der Waals surface area contributed by atoms with Crippen molar-refractivity contribution in [2.75, 3.05) is 6.61 Å². The van der Waals surface area contributed by atoms with Gasteiger partial charge in [0.15, 0.2) is 0 Å². The van der Waals surface area contributed by atoms with Crippen molar-refractivity contribution in [1.82, 2.24) is 5.32 Å². The van der Waals surface area contributed by atoms with E-state index in [-0.39, 0.29) is 18.9 Å². The molecule has 0 radical (unpaired) electrons. The molecule has 1 rings (SSSR count). The van der Waals surface area contributed by atoms with Gasteiger partial charge in [-0.1, -0.05) is 70.4 Å². The summed E-state index contributed by atoms with van der Waals surface area (Å²) in [4.78, 5) is 31.6. The predicted molar refractivity (Wildman–Crippen MR) is 132 cm³/mol. The molecule has 8 heteroatoms. The van der Waals surface area contributed by atoms with Gasteiger partial charge in [-0.25, -0.2) is 4.79 Å². The molecular formula is C26H47NO7. The molecule has 0 aromatic rings. The molecule has 3 atom stereocenters. The number of aliphatic carboxylic acids is 2. The average molecular weight is 486 g/mol. The van der Waals surface area contributed by atoms with Crippen LogP contribution in [0.15, 0.2) is 12.2 Å². The van der Waals surface area contributed by atoms with Gasteiger partial charge in [-0.2, -0.15) is 0 Å². The zero-order valence-electron chi connectivity index (χ0n) is 20.9. The summed E-state index contributed by atoms with van der Waals surface area (Å²) in [5.74, 6) is -2.52. The van der Waals surface area contributed by atoms with Crippen LogP contribution in [0.3, 0.4) is 0 Å². The second-order valence-electron chi connectivity index (χ2n) is 9.12. The van der Waals surface area contributed by atoms with Crippen molar-refractivity contribution in [1.29, 1.82) is 0 Å². The van der Waals surface area contributed by atoms with Crippen LogP contribution in [0.5, 0.6) is 0 Å². The summed E-state index contributed by atoms with van der Waals surface area (Å²) in [5.41, 5.74) is 0. The van der Waals surface area contributed by atoms with Crippen LogP contribution in [0.4, 0.5) is 0 Å². The van der Waals surface area contributed by atoms with E-state index < -0.39 is 30.0 Å². The first-order valence-corrected chi connectivity index (χ1v) is 13.0. The Morgan fingerprint density at radius 2 is 1.53 bits per heavy atom. The van der Waals surface area contributed by atoms with Crippen LogP contribution in [0.2, 0.25) is 0 Å². The minimum absolute atomic E-state index is 0.146. The molecule has 1 aliphatic rings. The van der Waals surface area contributed by atoms with Crippen LogP contribution in [0.25, 0.3) is 0 Å². The molecule has 2 unspecified atom stereocenters. The molecule has 8 nitrogen and oxygen atoms in total. The standard InChI is InChI=1S/C21H40O4.C5H7NO3/c1-2-3-4-5-6-7-8-9-10-11-12-13-14-15-16-19(21(24)25)17-20(23)18-22;7-4-2-1-3(6-4)5(8)9/h9-10,19-20,22-23H,2-8,11-18H2,1H3,(H,24,25);3H,1-2H2,(H,6,7)(H,8,9)/b10-9-;/t;3-/m.0/s1. The smallest absolute Gasteiger partial charge is 0.326 e. The Balaban J connectivity index is 0.000000999. The largest absolute Gasteiger partial charge is 0.481 e. The van der Waals surface area contributed by atoms with Gasteiger partial charge in [-0.05, 0) is 44.9 Å². The summed E-state index contributed by atoms with van der Waals surface area (Å²) in [7, 11) is 0. The van der Waals surface area contributed by atoms with E-state index in [1.165, 1.54) is 44.9 Å². The van der Waals surface area contributed by atoms with E-state index in [9.17, 15) is 19.5 Å². The Morgan fingerprint density at radius 3 is 1.97 bits per heavy atom. The number of aliphatic hydroxyl groups is 2. The number of carboxylic acid groups (broad SMARTS) is 2. The number of unbranched alkanes of at least 4 members (excludes halogenated alkanes) is 10. The topological polar surface area (TPSA) is 144 Å². The molecule has 198 valence electrons. The maximum Gasteiger partial charge on any atom is 0.326 e. The van der Waals surface area contributed by atoms with Crippen molar-refractivity contribution in [3.05, 3.63) is 12.2 Å². The summed E-state index contributed by atoms with van der Waals surface area (Å²) >= 11 is 0. The lowest BCUT2D eigenvalue weighted by Crippen LogP contribution is -2.32. The molecule has 1 saturated heterocycles. The highest BCUT2D eigenvalue weighted by Gasteiger charge is 2.26. The third-order valence-corrected chi connectivity index (χ3v) is 5.97. The quantitative estimate of drug-likeness (QED) is 0.134. The zero-order valence-corrected chi connectivity index (χ0v) is 20.9. The van der Waals surface area contributed by atoms with Crippen LogP contribution < -0.4 is 5.32 Å². The normalized spacial score (nSPS) is 17.1. The number of nitrogens with one attached hydrogen (secondary N) is 1. The van der Waals surface area contributed by atoms with Crippen LogP contribution >= 0.6 is 0 Å². The lowest BCUT2D eigenvalue weighted by molar-refractivity contribution is -0.143. The Morgan fingerprint density at radius 1 is 0.971 bits per heavy atom. The number of carbonyl (C=O) groups excluding carboxylic acids is 1. The van der Waals surface area contributed by atoms with Gasteiger partial charge in [0.1, 0.15) is 6.04 Å². The van der Waals surface area contributed by atoms with E-state index in [0.717, 1.165) is 32.1 Å². The van der Waals surface area contributed by atoms with E-state index in [4.69, 9.17) is 15.3 Å². The fourth-order valence-electron chi connectivity index (χ4n) is 3.83. The lowest BCUT2D eigenvalue weighted by atomic mass is 9.95. The van der Waals surface area contributed by atoms with Crippen LogP contribution in [-0.4, -0.2) is 57.0 Å². The fraction of sp³-hybridized carbons (Fsp3) is 0.808. The number of hydrogen-bond acceptors (Lipinski definition) is 5. The molecule has 0 aromatic carbocycles. The highest BCUT2D eigenvalue weighted by Crippen LogP contribution is 2.17. The first-order chi connectivity index (χ1) is 16.3. The van der Waals surface area contributed by atoms with Crippen LogP contribution in [-0.2, 0) is 14.4 Å². The maximum atomic E-state index is 11.1. The number of carboxylic acids is 2. The molecule has 0 bridgehead atoms. The number of carbonyl (C=O) groups is 3. The predicted octanol–water partition coefficient (Wildman–Crippen LogP) is 4.43. The third-order valence-electron chi connectivity index (χ3n) is 5.97. The molecule has 0 aliphatic carbocycles. The molecule has 1 fully saturated rings. The van der Waals surface area contributed by atoms with E-state index in [0.29, 0.717) is 19.3 Å². The summed E-state index contributed by atoms with van der Waals surface area (Å²) in [6.07, 6.45) is 19.7. The molecular weight excluding hydrogens is 438 g/mol. The monoisotopic (exact) mass is 485 g/mol. The maximum absolute atomic E-state index is 11.1. The van der Waals surface area contributed by atoms with Crippen molar-refractivity contribution in [3.8, 4) is 0 Å². The second kappa shape index (κ2) is 21.6. The number of allylic oxidation sites excluding steroid dienone is 2. The second-order valence-corrected chi connectivity index (χ2v) is 9.12. The van der Waals surface area contributed by atoms with E-state index in [1.54, 1.807) is 0 Å². The average Bonchev–Trinajstić information content (AvgIpc) is 3.25. The molecule has 1 aliphatic heterocycles. The van der Waals surface area contributed by atoms with Gasteiger partial charge in [0, 0.05) is 6.42 Å². The SMILES string of the molecule is CCCCCCCC/C=C\CCCCCCC(CC(O)CO)C(=O)O.O=C1CC[C@@H](C(=O)O)N1. The zero-order chi connectivity index (χ0) is 25.6. The molecule has 5 N–H and O–H groups in total. The van der Waals surface area contributed by atoms with Gasteiger partial charge in [0.2, 0.25) is 5.91 Å². The van der Waals surface area contributed by atoms with Crippen molar-refractivity contribution in [2.45, 2.75) is 122 Å². The van der Waals surface area contributed by atoms with Gasteiger partial charge >= 0.3 is 11.9 Å². The minimum Gasteiger partial charge on any atom is -0.481 e. The van der Waals surface area contributed by atoms with Gasteiger partial charge < -0.3 is 25.7 Å². The van der Waals surface area contributed by atoms with Crippen LogP contribution in [0, 0.1) is 5.92 Å². The number of aliphatic hydroxyl groups excluding tert-OH is 2. The molecule has 0 aromatic heterocycles. The third kappa shape index (κ3) is 18.5. The first-order valence-electron chi connectivity index (χ1n) is 13.0. The molecule has 1 heterocycles. The Labute approximate surface area is 204 Å². The summed E-state index contributed by atoms with van der Waals surface area (Å²) in [6, 6.07) is -0.641. The highest BCUT2D eigenvalue weighted by molar-refractivity contribution is 5.87. The summed E-state index contributed by atoms with van der Waals surface area (Å²) < 4.78 is 0. The first kappa shape index (κ1) is 32.1. The van der Waals surface area contributed by atoms with Crippen molar-refractivity contribution < 1.29 is 34.8 Å². The number of hydrogen-bond donors (Lipinski definition) is 5.